The molecule has 4 heteroatoms. The average molecular weight is 236 g/mol. The number of ether oxygens (including phenoxy) is 3. The second-order valence-corrected chi connectivity index (χ2v) is 5.08. The van der Waals surface area contributed by atoms with Gasteiger partial charge in [-0.05, 0) is 13.8 Å². The SMILES string of the molecule is CC1(C)O[C@H]2[C@H](CO[C@@H]2C[n+]2ccccc2)O1. The zero-order chi connectivity index (χ0) is 11.9. The molecule has 0 bridgehead atoms. The molecule has 0 aromatic carbocycles. The van der Waals surface area contributed by atoms with E-state index < -0.39 is 5.79 Å². The first-order valence-electron chi connectivity index (χ1n) is 6.05. The van der Waals surface area contributed by atoms with Crippen LogP contribution in [0.15, 0.2) is 30.6 Å². The van der Waals surface area contributed by atoms with Crippen molar-refractivity contribution >= 4 is 0 Å². The highest BCUT2D eigenvalue weighted by molar-refractivity contribution is 4.91. The van der Waals surface area contributed by atoms with Gasteiger partial charge < -0.3 is 14.2 Å². The molecule has 4 nitrogen and oxygen atoms in total. The first-order chi connectivity index (χ1) is 8.14. The summed E-state index contributed by atoms with van der Waals surface area (Å²) < 4.78 is 19.5. The van der Waals surface area contributed by atoms with Crippen LogP contribution in [0.1, 0.15) is 13.8 Å². The van der Waals surface area contributed by atoms with E-state index >= 15 is 0 Å². The van der Waals surface area contributed by atoms with Gasteiger partial charge in [-0.15, -0.1) is 0 Å². The Morgan fingerprint density at radius 1 is 1.18 bits per heavy atom. The van der Waals surface area contributed by atoms with E-state index in [1.54, 1.807) is 0 Å². The van der Waals surface area contributed by atoms with Gasteiger partial charge in [0.1, 0.15) is 18.3 Å². The number of hydrogen-bond acceptors (Lipinski definition) is 3. The maximum atomic E-state index is 5.90. The minimum Gasteiger partial charge on any atom is -0.366 e. The standard InChI is InChI=1S/C13H18NO3/c1-13(2)16-11-9-15-10(12(11)17-13)8-14-6-4-3-5-7-14/h3-7,10-12H,8-9H2,1-2H3/q+1/t10-,11+,12-/m1/s1. The largest absolute Gasteiger partial charge is 0.366 e. The minimum atomic E-state index is -0.473. The highest BCUT2D eigenvalue weighted by Gasteiger charge is 2.51. The molecule has 92 valence electrons. The predicted molar refractivity (Wildman–Crippen MR) is 60.2 cm³/mol. The number of fused-ring (bicyclic) bond motifs is 1. The summed E-state index contributed by atoms with van der Waals surface area (Å²) in [6, 6.07) is 6.04. The summed E-state index contributed by atoms with van der Waals surface area (Å²) in [7, 11) is 0. The maximum absolute atomic E-state index is 5.90. The molecule has 3 rings (SSSR count). The van der Waals surface area contributed by atoms with Crippen LogP contribution in [0.2, 0.25) is 0 Å². The monoisotopic (exact) mass is 236 g/mol. The lowest BCUT2D eigenvalue weighted by atomic mass is 10.1. The van der Waals surface area contributed by atoms with Crippen LogP contribution in [-0.2, 0) is 20.8 Å². The first kappa shape index (κ1) is 11.1. The zero-order valence-corrected chi connectivity index (χ0v) is 10.2. The third-order valence-electron chi connectivity index (χ3n) is 3.23. The Morgan fingerprint density at radius 2 is 1.94 bits per heavy atom. The summed E-state index contributed by atoms with van der Waals surface area (Å²) in [6.45, 7) is 5.35. The van der Waals surface area contributed by atoms with Crippen LogP contribution in [-0.4, -0.2) is 30.7 Å². The van der Waals surface area contributed by atoms with Crippen molar-refractivity contribution in [3.8, 4) is 0 Å². The lowest BCUT2D eigenvalue weighted by Crippen LogP contribution is -2.44. The van der Waals surface area contributed by atoms with Gasteiger partial charge in [-0.1, -0.05) is 6.07 Å². The average Bonchev–Trinajstić information content (AvgIpc) is 2.77. The van der Waals surface area contributed by atoms with Gasteiger partial charge in [0.15, 0.2) is 24.7 Å². The van der Waals surface area contributed by atoms with Crippen LogP contribution < -0.4 is 4.57 Å². The topological polar surface area (TPSA) is 31.6 Å². The molecule has 17 heavy (non-hydrogen) atoms. The van der Waals surface area contributed by atoms with Crippen LogP contribution in [0.25, 0.3) is 0 Å². The van der Waals surface area contributed by atoms with Crippen LogP contribution in [0, 0.1) is 0 Å². The Labute approximate surface area is 101 Å². The number of hydrogen-bond donors (Lipinski definition) is 0. The molecule has 2 saturated heterocycles. The fourth-order valence-corrected chi connectivity index (χ4v) is 2.54. The van der Waals surface area contributed by atoms with Crippen LogP contribution in [0.4, 0.5) is 0 Å². The first-order valence-corrected chi connectivity index (χ1v) is 6.05. The predicted octanol–water partition coefficient (Wildman–Crippen LogP) is 0.893. The number of nitrogens with zero attached hydrogens (tertiary/aromatic N) is 1. The minimum absolute atomic E-state index is 0.0534. The van der Waals surface area contributed by atoms with Crippen molar-refractivity contribution in [3.05, 3.63) is 30.6 Å². The summed E-state index contributed by atoms with van der Waals surface area (Å²) in [5, 5.41) is 0. The van der Waals surface area contributed by atoms with Gasteiger partial charge in [0.05, 0.1) is 6.61 Å². The highest BCUT2D eigenvalue weighted by atomic mass is 16.8. The highest BCUT2D eigenvalue weighted by Crippen LogP contribution is 2.35. The lowest BCUT2D eigenvalue weighted by molar-refractivity contribution is -0.704. The van der Waals surface area contributed by atoms with E-state index in [4.69, 9.17) is 14.2 Å². The molecule has 0 spiro atoms. The molecule has 2 aliphatic heterocycles. The van der Waals surface area contributed by atoms with Gasteiger partial charge in [0.25, 0.3) is 0 Å². The van der Waals surface area contributed by atoms with Gasteiger partial charge in [-0.3, -0.25) is 0 Å². The Bertz CT molecular complexity index is 393. The number of aromatic nitrogens is 1. The van der Waals surface area contributed by atoms with Crippen molar-refractivity contribution in [2.24, 2.45) is 0 Å². The Morgan fingerprint density at radius 3 is 2.71 bits per heavy atom. The third-order valence-corrected chi connectivity index (χ3v) is 3.23. The van der Waals surface area contributed by atoms with E-state index in [2.05, 4.69) is 4.57 Å². The van der Waals surface area contributed by atoms with Crippen molar-refractivity contribution in [1.29, 1.82) is 0 Å². The number of pyridine rings is 1. The molecule has 0 saturated carbocycles. The molecule has 0 aliphatic carbocycles. The molecule has 3 heterocycles. The molecule has 0 unspecified atom stereocenters. The Kier molecular flexibility index (Phi) is 2.65. The Hall–Kier alpha value is -0.970. The molecule has 1 aromatic heterocycles. The summed E-state index contributed by atoms with van der Waals surface area (Å²) >= 11 is 0. The molecule has 0 amide bonds. The van der Waals surface area contributed by atoms with E-state index in [0.717, 1.165) is 6.54 Å². The van der Waals surface area contributed by atoms with E-state index in [1.807, 2.05) is 44.4 Å². The summed E-state index contributed by atoms with van der Waals surface area (Å²) in [5.74, 6) is -0.473. The molecule has 2 fully saturated rings. The van der Waals surface area contributed by atoms with Gasteiger partial charge in [-0.25, -0.2) is 4.57 Å². The quantitative estimate of drug-likeness (QED) is 0.715. The maximum Gasteiger partial charge on any atom is 0.177 e. The van der Waals surface area contributed by atoms with Crippen molar-refractivity contribution in [1.82, 2.24) is 0 Å². The summed E-state index contributed by atoms with van der Waals surface area (Å²) in [6.07, 6.45) is 4.29. The van der Waals surface area contributed by atoms with Crippen LogP contribution >= 0.6 is 0 Å². The fraction of sp³-hybridized carbons (Fsp3) is 0.615. The van der Waals surface area contributed by atoms with Gasteiger partial charge >= 0.3 is 0 Å². The summed E-state index contributed by atoms with van der Waals surface area (Å²) in [5.41, 5.74) is 0. The second-order valence-electron chi connectivity index (χ2n) is 5.08. The molecule has 0 N–H and O–H groups in total. The molecule has 0 radical (unpaired) electrons. The van der Waals surface area contributed by atoms with Crippen molar-refractivity contribution in [2.45, 2.75) is 44.5 Å². The summed E-state index contributed by atoms with van der Waals surface area (Å²) in [4.78, 5) is 0. The van der Waals surface area contributed by atoms with Crippen LogP contribution in [0.5, 0.6) is 0 Å². The van der Waals surface area contributed by atoms with Gasteiger partial charge in [-0.2, -0.15) is 0 Å². The molecule has 1 aromatic rings. The van der Waals surface area contributed by atoms with E-state index in [1.165, 1.54) is 0 Å². The normalized spacial score (nSPS) is 34.8. The van der Waals surface area contributed by atoms with Crippen molar-refractivity contribution in [2.75, 3.05) is 6.61 Å². The third kappa shape index (κ3) is 2.20. The Balaban J connectivity index is 1.70. The van der Waals surface area contributed by atoms with E-state index in [-0.39, 0.29) is 18.3 Å². The number of rotatable bonds is 2. The van der Waals surface area contributed by atoms with Crippen LogP contribution in [0.3, 0.4) is 0 Å². The smallest absolute Gasteiger partial charge is 0.177 e. The zero-order valence-electron chi connectivity index (χ0n) is 10.2. The molecule has 3 atom stereocenters. The van der Waals surface area contributed by atoms with Crippen molar-refractivity contribution < 1.29 is 18.8 Å². The lowest BCUT2D eigenvalue weighted by Gasteiger charge is -2.20. The molecule has 2 aliphatic rings. The van der Waals surface area contributed by atoms with Gasteiger partial charge in [0, 0.05) is 12.1 Å². The van der Waals surface area contributed by atoms with Gasteiger partial charge in [0.2, 0.25) is 0 Å². The molecular formula is C13H18NO3+. The fourth-order valence-electron chi connectivity index (χ4n) is 2.54. The second kappa shape index (κ2) is 4.05. The van der Waals surface area contributed by atoms with Crippen molar-refractivity contribution in [3.63, 3.8) is 0 Å². The molecular weight excluding hydrogens is 218 g/mol. The van der Waals surface area contributed by atoms with E-state index in [0.29, 0.717) is 6.61 Å². The van der Waals surface area contributed by atoms with E-state index in [9.17, 15) is 0 Å².